The molecule has 0 bridgehead atoms. The molecule has 0 unspecified atom stereocenters. The molecule has 1 aromatic carbocycles. The molecule has 0 fully saturated rings. The molecule has 0 aliphatic rings. The minimum absolute atomic E-state index is 0.634. The largest absolute Gasteiger partial charge is 0.496 e. The molecule has 3 nitrogen and oxygen atoms in total. The molecular weight excluding hydrogens is 226 g/mol. The van der Waals surface area contributed by atoms with Crippen molar-refractivity contribution in [2.75, 3.05) is 27.2 Å². The van der Waals surface area contributed by atoms with Crippen LogP contribution in [-0.4, -0.2) is 42.9 Å². The van der Waals surface area contributed by atoms with Crippen molar-refractivity contribution in [3.63, 3.8) is 0 Å². The highest BCUT2D eigenvalue weighted by atomic mass is 16.5. The topological polar surface area (TPSA) is 32.7 Å². The summed E-state index contributed by atoms with van der Waals surface area (Å²) < 4.78 is 5.25. The second-order valence-corrected chi connectivity index (χ2v) is 5.60. The Kier molecular flexibility index (Phi) is 5.17. The van der Waals surface area contributed by atoms with Gasteiger partial charge in [0.25, 0.3) is 0 Å². The van der Waals surface area contributed by atoms with Crippen LogP contribution in [0.3, 0.4) is 0 Å². The molecule has 0 atom stereocenters. The van der Waals surface area contributed by atoms with Crippen LogP contribution < -0.4 is 4.74 Å². The van der Waals surface area contributed by atoms with Gasteiger partial charge in [-0.3, -0.25) is 0 Å². The van der Waals surface area contributed by atoms with Crippen LogP contribution >= 0.6 is 0 Å². The summed E-state index contributed by atoms with van der Waals surface area (Å²) in [6, 6.07) is 6.28. The fourth-order valence-corrected chi connectivity index (χ4v) is 2.16. The molecule has 1 aromatic rings. The molecular formula is C15H25NO2. The first-order chi connectivity index (χ1) is 8.31. The number of aryl methyl sites for hydroxylation is 1. The van der Waals surface area contributed by atoms with Gasteiger partial charge in [0.2, 0.25) is 0 Å². The normalized spacial score (nSPS) is 11.9. The number of likely N-dealkylation sites (N-methyl/N-ethyl adjacent to an activating group) is 1. The van der Waals surface area contributed by atoms with Gasteiger partial charge in [-0.25, -0.2) is 0 Å². The number of ether oxygens (including phenoxy) is 1. The van der Waals surface area contributed by atoms with Crippen molar-refractivity contribution < 1.29 is 9.84 Å². The number of methoxy groups -OCH3 is 1. The second-order valence-electron chi connectivity index (χ2n) is 5.60. The van der Waals surface area contributed by atoms with Crippen LogP contribution in [0, 0.1) is 6.92 Å². The summed E-state index contributed by atoms with van der Waals surface area (Å²) in [5.74, 6) is 0.934. The molecule has 1 rings (SSSR count). The van der Waals surface area contributed by atoms with Gasteiger partial charge in [-0.15, -0.1) is 0 Å². The van der Waals surface area contributed by atoms with Crippen molar-refractivity contribution in [1.82, 2.24) is 4.90 Å². The number of hydrogen-bond acceptors (Lipinski definition) is 3. The molecule has 18 heavy (non-hydrogen) atoms. The number of nitrogens with zero attached hydrogens (tertiary/aromatic N) is 1. The Balaban J connectivity index is 2.51. The minimum Gasteiger partial charge on any atom is -0.496 e. The highest BCUT2D eigenvalue weighted by Crippen LogP contribution is 2.18. The average Bonchev–Trinajstić information content (AvgIpc) is 2.24. The molecule has 3 heteroatoms. The summed E-state index contributed by atoms with van der Waals surface area (Å²) in [7, 11) is 3.73. The van der Waals surface area contributed by atoms with Gasteiger partial charge < -0.3 is 14.7 Å². The fraction of sp³-hybridized carbons (Fsp3) is 0.600. The van der Waals surface area contributed by atoms with Gasteiger partial charge in [0.15, 0.2) is 0 Å². The second kappa shape index (κ2) is 6.21. The molecule has 0 spiro atoms. The Hall–Kier alpha value is -1.06. The lowest BCUT2D eigenvalue weighted by Gasteiger charge is -2.25. The van der Waals surface area contributed by atoms with Crippen molar-refractivity contribution in [2.45, 2.75) is 32.8 Å². The van der Waals surface area contributed by atoms with Crippen molar-refractivity contribution in [3.8, 4) is 5.75 Å². The van der Waals surface area contributed by atoms with Crippen molar-refractivity contribution >= 4 is 0 Å². The Labute approximate surface area is 110 Å². The third kappa shape index (κ3) is 5.07. The fourth-order valence-electron chi connectivity index (χ4n) is 2.16. The highest BCUT2D eigenvalue weighted by Gasteiger charge is 2.15. The molecule has 0 saturated carbocycles. The van der Waals surface area contributed by atoms with Crippen LogP contribution in [0.1, 0.15) is 25.0 Å². The third-order valence-electron chi connectivity index (χ3n) is 2.90. The van der Waals surface area contributed by atoms with E-state index < -0.39 is 5.60 Å². The van der Waals surface area contributed by atoms with E-state index in [4.69, 9.17) is 4.74 Å². The molecule has 102 valence electrons. The van der Waals surface area contributed by atoms with Crippen LogP contribution in [0.4, 0.5) is 0 Å². The molecule has 0 amide bonds. The smallest absolute Gasteiger partial charge is 0.121 e. The molecule has 0 aliphatic heterocycles. The Morgan fingerprint density at radius 3 is 2.50 bits per heavy atom. The van der Waals surface area contributed by atoms with E-state index in [-0.39, 0.29) is 0 Å². The van der Waals surface area contributed by atoms with Gasteiger partial charge >= 0.3 is 0 Å². The monoisotopic (exact) mass is 251 g/mol. The first kappa shape index (κ1) is 15.0. The first-order valence-electron chi connectivity index (χ1n) is 6.36. The molecule has 0 aliphatic carbocycles. The molecule has 0 aromatic heterocycles. The summed E-state index contributed by atoms with van der Waals surface area (Å²) in [6.07, 6.45) is 0.984. The van der Waals surface area contributed by atoms with Crippen LogP contribution in [0.25, 0.3) is 0 Å². The van der Waals surface area contributed by atoms with E-state index in [0.29, 0.717) is 6.54 Å². The van der Waals surface area contributed by atoms with Gasteiger partial charge in [-0.1, -0.05) is 12.1 Å². The van der Waals surface area contributed by atoms with E-state index in [0.717, 1.165) is 18.7 Å². The van der Waals surface area contributed by atoms with E-state index in [1.54, 1.807) is 7.11 Å². The number of benzene rings is 1. The van der Waals surface area contributed by atoms with E-state index in [9.17, 15) is 5.11 Å². The third-order valence-corrected chi connectivity index (χ3v) is 2.90. The van der Waals surface area contributed by atoms with E-state index in [2.05, 4.69) is 24.0 Å². The van der Waals surface area contributed by atoms with Crippen LogP contribution in [0.15, 0.2) is 18.2 Å². The first-order valence-corrected chi connectivity index (χ1v) is 6.36. The lowest BCUT2D eigenvalue weighted by atomic mass is 10.1. The maximum absolute atomic E-state index is 9.74. The molecule has 0 radical (unpaired) electrons. The highest BCUT2D eigenvalue weighted by molar-refractivity contribution is 5.36. The predicted octanol–water partition coefficient (Wildman–Crippen LogP) is 2.25. The molecule has 0 heterocycles. The van der Waals surface area contributed by atoms with Gasteiger partial charge in [-0.2, -0.15) is 0 Å². The minimum atomic E-state index is -0.634. The number of hydrogen-bond donors (Lipinski definition) is 1. The van der Waals surface area contributed by atoms with Crippen LogP contribution in [0.5, 0.6) is 5.75 Å². The summed E-state index contributed by atoms with van der Waals surface area (Å²) in [5, 5.41) is 9.74. The van der Waals surface area contributed by atoms with Crippen molar-refractivity contribution in [3.05, 3.63) is 29.3 Å². The number of rotatable bonds is 6. The quantitative estimate of drug-likeness (QED) is 0.841. The Morgan fingerprint density at radius 2 is 2.00 bits per heavy atom. The maximum atomic E-state index is 9.74. The van der Waals surface area contributed by atoms with Crippen LogP contribution in [-0.2, 0) is 6.42 Å². The standard InChI is InChI=1S/C15H25NO2/c1-12-10-13(6-7-14(12)18-5)8-9-16(4)11-15(2,3)17/h6-7,10,17H,8-9,11H2,1-5H3. The zero-order valence-corrected chi connectivity index (χ0v) is 12.2. The van der Waals surface area contributed by atoms with E-state index >= 15 is 0 Å². The Bertz CT molecular complexity index is 383. The lowest BCUT2D eigenvalue weighted by Crippen LogP contribution is -2.37. The van der Waals surface area contributed by atoms with Gasteiger partial charge in [-0.05, 0) is 51.4 Å². The Morgan fingerprint density at radius 1 is 1.33 bits per heavy atom. The zero-order chi connectivity index (χ0) is 13.8. The van der Waals surface area contributed by atoms with E-state index in [1.807, 2.05) is 27.0 Å². The van der Waals surface area contributed by atoms with E-state index in [1.165, 1.54) is 11.1 Å². The average molecular weight is 251 g/mol. The lowest BCUT2D eigenvalue weighted by molar-refractivity contribution is 0.0450. The van der Waals surface area contributed by atoms with Crippen molar-refractivity contribution in [2.24, 2.45) is 0 Å². The summed E-state index contributed by atoms with van der Waals surface area (Å²) >= 11 is 0. The summed E-state index contributed by atoms with van der Waals surface area (Å²) in [6.45, 7) is 7.35. The predicted molar refractivity (Wildman–Crippen MR) is 75.2 cm³/mol. The SMILES string of the molecule is COc1ccc(CCN(C)CC(C)(C)O)cc1C. The summed E-state index contributed by atoms with van der Waals surface area (Å²) in [5.41, 5.74) is 1.83. The van der Waals surface area contributed by atoms with Gasteiger partial charge in [0.1, 0.15) is 5.75 Å². The summed E-state index contributed by atoms with van der Waals surface area (Å²) in [4.78, 5) is 2.15. The van der Waals surface area contributed by atoms with Gasteiger partial charge in [0.05, 0.1) is 12.7 Å². The molecule has 0 saturated heterocycles. The number of aliphatic hydroxyl groups is 1. The molecule has 1 N–H and O–H groups in total. The zero-order valence-electron chi connectivity index (χ0n) is 12.2. The van der Waals surface area contributed by atoms with Crippen molar-refractivity contribution in [1.29, 1.82) is 0 Å². The van der Waals surface area contributed by atoms with Gasteiger partial charge in [0, 0.05) is 13.1 Å². The van der Waals surface area contributed by atoms with Crippen LogP contribution in [0.2, 0.25) is 0 Å². The maximum Gasteiger partial charge on any atom is 0.121 e.